The molecule has 20 heavy (non-hydrogen) atoms. The summed E-state index contributed by atoms with van der Waals surface area (Å²) in [6.45, 7) is 9.42. The third kappa shape index (κ3) is 5.00. The summed E-state index contributed by atoms with van der Waals surface area (Å²) in [5, 5.41) is 12.3. The zero-order chi connectivity index (χ0) is 15.2. The molecule has 1 amide bonds. The fourth-order valence-corrected chi connectivity index (χ4v) is 1.96. The molecule has 0 fully saturated rings. The van der Waals surface area contributed by atoms with Crippen LogP contribution in [0.25, 0.3) is 0 Å². The van der Waals surface area contributed by atoms with Crippen molar-refractivity contribution in [3.63, 3.8) is 0 Å². The van der Waals surface area contributed by atoms with Crippen LogP contribution in [0.15, 0.2) is 30.1 Å². The molecule has 1 heterocycles. The van der Waals surface area contributed by atoms with E-state index in [1.807, 2.05) is 0 Å². The summed E-state index contributed by atoms with van der Waals surface area (Å²) in [4.78, 5) is 14.2. The molecule has 0 aliphatic heterocycles. The molecule has 0 aliphatic rings. The van der Waals surface area contributed by atoms with Crippen molar-refractivity contribution in [2.45, 2.75) is 26.4 Å². The smallest absolute Gasteiger partial charge is 0.410 e. The van der Waals surface area contributed by atoms with Crippen LogP contribution < -0.4 is 0 Å². The molecule has 6 nitrogen and oxygen atoms in total. The van der Waals surface area contributed by atoms with E-state index in [1.165, 1.54) is 16.4 Å². The first-order valence-corrected chi connectivity index (χ1v) is 6.85. The number of ether oxygens (including phenoxy) is 1. The summed E-state index contributed by atoms with van der Waals surface area (Å²) in [6.07, 6.45) is 2.71. The minimum Gasteiger partial charge on any atom is -0.444 e. The lowest BCUT2D eigenvalue weighted by Gasteiger charge is -2.26. The highest BCUT2D eigenvalue weighted by molar-refractivity contribution is 7.08. The number of rotatable bonds is 5. The Balaban J connectivity index is 2.81. The van der Waals surface area contributed by atoms with E-state index >= 15 is 0 Å². The Kier molecular flexibility index (Phi) is 5.69. The number of nitrogens with zero attached hydrogens (tertiary/aromatic N) is 3. The maximum Gasteiger partial charge on any atom is 0.410 e. The van der Waals surface area contributed by atoms with E-state index in [4.69, 9.17) is 9.94 Å². The molecule has 0 radical (unpaired) electrons. The SMILES string of the molecule is C=CCN(C/C(=N/O)c1ccns1)C(=O)OC(C)(C)C. The topological polar surface area (TPSA) is 75.0 Å². The lowest BCUT2D eigenvalue weighted by atomic mass is 10.2. The number of oxime groups is 1. The summed E-state index contributed by atoms with van der Waals surface area (Å²) < 4.78 is 9.25. The van der Waals surface area contributed by atoms with E-state index in [-0.39, 0.29) is 6.54 Å². The van der Waals surface area contributed by atoms with Crippen molar-refractivity contribution in [1.29, 1.82) is 0 Å². The average Bonchev–Trinajstić information content (AvgIpc) is 2.85. The van der Waals surface area contributed by atoms with Crippen LogP contribution >= 0.6 is 11.5 Å². The van der Waals surface area contributed by atoms with Gasteiger partial charge < -0.3 is 9.94 Å². The van der Waals surface area contributed by atoms with Gasteiger partial charge in [0, 0.05) is 12.7 Å². The van der Waals surface area contributed by atoms with Crippen molar-refractivity contribution in [2.24, 2.45) is 5.16 Å². The van der Waals surface area contributed by atoms with Crippen molar-refractivity contribution >= 4 is 23.3 Å². The van der Waals surface area contributed by atoms with Gasteiger partial charge in [0.15, 0.2) is 0 Å². The number of hydrogen-bond acceptors (Lipinski definition) is 6. The molecule has 1 rings (SSSR count). The van der Waals surface area contributed by atoms with Gasteiger partial charge in [0.25, 0.3) is 0 Å². The molecule has 0 bridgehead atoms. The van der Waals surface area contributed by atoms with Crippen molar-refractivity contribution < 1.29 is 14.7 Å². The predicted octanol–water partition coefficient (Wildman–Crippen LogP) is 2.74. The second-order valence-corrected chi connectivity index (χ2v) is 5.91. The first kappa shape index (κ1) is 16.2. The summed E-state index contributed by atoms with van der Waals surface area (Å²) in [7, 11) is 0. The summed E-state index contributed by atoms with van der Waals surface area (Å²) in [5.41, 5.74) is -0.224. The lowest BCUT2D eigenvalue weighted by molar-refractivity contribution is 0.0298. The summed E-state index contributed by atoms with van der Waals surface area (Å²) >= 11 is 1.20. The van der Waals surface area contributed by atoms with Crippen LogP contribution in [0.5, 0.6) is 0 Å². The summed E-state index contributed by atoms with van der Waals surface area (Å²) in [6, 6.07) is 1.72. The number of aromatic nitrogens is 1. The second-order valence-electron chi connectivity index (χ2n) is 5.07. The number of carbonyl (C=O) groups excluding carboxylic acids is 1. The van der Waals surface area contributed by atoms with Gasteiger partial charge in [-0.25, -0.2) is 9.17 Å². The maximum absolute atomic E-state index is 12.1. The quantitative estimate of drug-likeness (QED) is 0.392. The van der Waals surface area contributed by atoms with Gasteiger partial charge in [0.05, 0.1) is 11.4 Å². The molecule has 0 aliphatic carbocycles. The highest BCUT2D eigenvalue weighted by Crippen LogP contribution is 2.12. The molecule has 0 unspecified atom stereocenters. The molecule has 0 saturated carbocycles. The van der Waals surface area contributed by atoms with Crippen molar-refractivity contribution in [2.75, 3.05) is 13.1 Å². The maximum atomic E-state index is 12.1. The zero-order valence-corrected chi connectivity index (χ0v) is 12.7. The molecule has 0 aromatic carbocycles. The van der Waals surface area contributed by atoms with E-state index in [1.54, 1.807) is 39.1 Å². The number of carbonyl (C=O) groups is 1. The van der Waals surface area contributed by atoms with E-state index < -0.39 is 11.7 Å². The zero-order valence-electron chi connectivity index (χ0n) is 11.9. The normalized spacial score (nSPS) is 12.1. The van der Waals surface area contributed by atoms with Gasteiger partial charge in [0.1, 0.15) is 11.3 Å². The Morgan fingerprint density at radius 1 is 1.65 bits per heavy atom. The third-order valence-electron chi connectivity index (χ3n) is 2.18. The van der Waals surface area contributed by atoms with E-state index in [2.05, 4.69) is 16.1 Å². The molecule has 0 atom stereocenters. The van der Waals surface area contributed by atoms with Gasteiger partial charge in [-0.05, 0) is 38.4 Å². The minimum atomic E-state index is -0.586. The van der Waals surface area contributed by atoms with Gasteiger partial charge in [-0.2, -0.15) is 0 Å². The van der Waals surface area contributed by atoms with Crippen LogP contribution in [0.2, 0.25) is 0 Å². The highest BCUT2D eigenvalue weighted by Gasteiger charge is 2.23. The minimum absolute atomic E-state index is 0.125. The Morgan fingerprint density at radius 2 is 2.35 bits per heavy atom. The van der Waals surface area contributed by atoms with E-state index in [0.717, 1.165) is 0 Å². The van der Waals surface area contributed by atoms with Gasteiger partial charge in [-0.15, -0.1) is 6.58 Å². The van der Waals surface area contributed by atoms with Crippen LogP contribution in [0.4, 0.5) is 4.79 Å². The van der Waals surface area contributed by atoms with Gasteiger partial charge in [-0.3, -0.25) is 4.90 Å². The molecule has 1 N–H and O–H groups in total. The van der Waals surface area contributed by atoms with Crippen LogP contribution in [0.1, 0.15) is 25.6 Å². The first-order chi connectivity index (χ1) is 9.37. The van der Waals surface area contributed by atoms with Crippen molar-refractivity contribution in [3.05, 3.63) is 29.8 Å². The molecule has 1 aromatic heterocycles. The van der Waals surface area contributed by atoms with Crippen molar-refractivity contribution in [3.8, 4) is 0 Å². The Hall–Kier alpha value is -1.89. The predicted molar refractivity (Wildman–Crippen MR) is 78.4 cm³/mol. The fraction of sp³-hybridized carbons (Fsp3) is 0.462. The molecule has 0 spiro atoms. The average molecular weight is 297 g/mol. The van der Waals surface area contributed by atoms with Crippen LogP contribution in [-0.2, 0) is 4.74 Å². The summed E-state index contributed by atoms with van der Waals surface area (Å²) in [5.74, 6) is 0. The van der Waals surface area contributed by atoms with Gasteiger partial charge in [0.2, 0.25) is 0 Å². The van der Waals surface area contributed by atoms with E-state index in [0.29, 0.717) is 17.1 Å². The largest absolute Gasteiger partial charge is 0.444 e. The Labute approximate surface area is 122 Å². The third-order valence-corrected chi connectivity index (χ3v) is 2.98. The number of amides is 1. The number of hydrogen-bond donors (Lipinski definition) is 1. The standard InChI is InChI=1S/C13H19N3O3S/c1-5-8-16(12(17)19-13(2,3)4)9-10(15-18)11-6-7-14-20-11/h5-7,18H,1,8-9H2,2-4H3/b15-10-. The monoisotopic (exact) mass is 297 g/mol. The van der Waals surface area contributed by atoms with Gasteiger partial charge in [-0.1, -0.05) is 11.2 Å². The van der Waals surface area contributed by atoms with Crippen LogP contribution in [-0.4, -0.2) is 45.0 Å². The fourth-order valence-electron chi connectivity index (χ4n) is 1.39. The molecular weight excluding hydrogens is 278 g/mol. The molecule has 0 saturated heterocycles. The second kappa shape index (κ2) is 7.04. The molecule has 110 valence electrons. The van der Waals surface area contributed by atoms with Crippen molar-refractivity contribution in [1.82, 2.24) is 9.27 Å². The van der Waals surface area contributed by atoms with Crippen LogP contribution in [0, 0.1) is 0 Å². The highest BCUT2D eigenvalue weighted by atomic mass is 32.1. The molecule has 1 aromatic rings. The molecule has 7 heteroatoms. The lowest BCUT2D eigenvalue weighted by Crippen LogP contribution is -2.40. The first-order valence-electron chi connectivity index (χ1n) is 6.08. The van der Waals surface area contributed by atoms with Crippen LogP contribution in [0.3, 0.4) is 0 Å². The van der Waals surface area contributed by atoms with Gasteiger partial charge >= 0.3 is 6.09 Å². The van der Waals surface area contributed by atoms with E-state index in [9.17, 15) is 4.79 Å². The Morgan fingerprint density at radius 3 is 2.80 bits per heavy atom. The molecular formula is C13H19N3O3S. The Bertz CT molecular complexity index is 478.